The van der Waals surface area contributed by atoms with Gasteiger partial charge in [-0.1, -0.05) is 13.3 Å². The van der Waals surface area contributed by atoms with Crippen molar-refractivity contribution in [2.45, 2.75) is 26.7 Å². The van der Waals surface area contributed by atoms with Crippen LogP contribution in [-0.4, -0.2) is 55.6 Å². The predicted molar refractivity (Wildman–Crippen MR) is 82.0 cm³/mol. The molecule has 1 heterocycles. The van der Waals surface area contributed by atoms with Crippen LogP contribution < -0.4 is 10.2 Å². The third kappa shape index (κ3) is 5.87. The number of rotatable bonds is 8. The Balaban J connectivity index is 2.65. The van der Waals surface area contributed by atoms with Crippen LogP contribution in [-0.2, 0) is 0 Å². The first kappa shape index (κ1) is 15.7. The second kappa shape index (κ2) is 7.94. The second-order valence-electron chi connectivity index (χ2n) is 5.16. The highest BCUT2D eigenvalue weighted by molar-refractivity contribution is 5.48. The van der Waals surface area contributed by atoms with Gasteiger partial charge >= 0.3 is 0 Å². The van der Waals surface area contributed by atoms with Crippen LogP contribution in [0.4, 0.5) is 11.6 Å². The van der Waals surface area contributed by atoms with Crippen LogP contribution >= 0.6 is 0 Å². The number of aromatic nitrogens is 2. The number of likely N-dealkylation sites (N-methyl/N-ethyl adjacent to an activating group) is 1. The van der Waals surface area contributed by atoms with Crippen molar-refractivity contribution in [1.29, 1.82) is 0 Å². The van der Waals surface area contributed by atoms with E-state index in [4.69, 9.17) is 0 Å². The minimum absolute atomic E-state index is 0.813. The Kier molecular flexibility index (Phi) is 6.56. The van der Waals surface area contributed by atoms with Gasteiger partial charge in [-0.2, -0.15) is 0 Å². The van der Waals surface area contributed by atoms with Gasteiger partial charge in [-0.3, -0.25) is 0 Å². The molecular formula is C14H27N5. The first-order chi connectivity index (χ1) is 9.02. The van der Waals surface area contributed by atoms with Crippen molar-refractivity contribution in [3.63, 3.8) is 0 Å². The third-order valence-corrected chi connectivity index (χ3v) is 2.93. The summed E-state index contributed by atoms with van der Waals surface area (Å²) in [5, 5.41) is 3.35. The smallest absolute Gasteiger partial charge is 0.134 e. The Labute approximate surface area is 117 Å². The molecule has 19 heavy (non-hydrogen) atoms. The number of aryl methyl sites for hydroxylation is 1. The zero-order valence-electron chi connectivity index (χ0n) is 12.9. The molecule has 0 aromatic carbocycles. The highest BCUT2D eigenvalue weighted by atomic mass is 15.2. The van der Waals surface area contributed by atoms with Crippen LogP contribution in [0.1, 0.15) is 25.6 Å². The topological polar surface area (TPSA) is 44.3 Å². The second-order valence-corrected chi connectivity index (χ2v) is 5.16. The molecule has 0 aliphatic rings. The van der Waals surface area contributed by atoms with E-state index in [0.717, 1.165) is 37.1 Å². The molecule has 108 valence electrons. The number of unbranched alkanes of at least 4 members (excludes halogenated alkanes) is 1. The van der Waals surface area contributed by atoms with E-state index in [2.05, 4.69) is 53.2 Å². The van der Waals surface area contributed by atoms with E-state index in [1.54, 1.807) is 0 Å². The molecule has 0 amide bonds. The van der Waals surface area contributed by atoms with Gasteiger partial charge in [0.15, 0.2) is 0 Å². The highest BCUT2D eigenvalue weighted by Crippen LogP contribution is 2.15. The lowest BCUT2D eigenvalue weighted by atomic mass is 10.3. The Morgan fingerprint density at radius 3 is 2.53 bits per heavy atom. The summed E-state index contributed by atoms with van der Waals surface area (Å²) in [5.41, 5.74) is 0. The molecule has 1 aromatic heterocycles. The molecule has 5 nitrogen and oxygen atoms in total. The van der Waals surface area contributed by atoms with Gasteiger partial charge in [0, 0.05) is 32.7 Å². The highest BCUT2D eigenvalue weighted by Gasteiger charge is 2.06. The first-order valence-corrected chi connectivity index (χ1v) is 6.98. The summed E-state index contributed by atoms with van der Waals surface area (Å²) in [6, 6.07) is 2.03. The van der Waals surface area contributed by atoms with E-state index < -0.39 is 0 Å². The fourth-order valence-corrected chi connectivity index (χ4v) is 1.76. The van der Waals surface area contributed by atoms with E-state index in [0.29, 0.717) is 0 Å². The molecule has 0 saturated carbocycles. The molecule has 5 heteroatoms. The number of hydrogen-bond acceptors (Lipinski definition) is 5. The van der Waals surface area contributed by atoms with Gasteiger partial charge < -0.3 is 15.1 Å². The van der Waals surface area contributed by atoms with E-state index in [9.17, 15) is 0 Å². The van der Waals surface area contributed by atoms with E-state index in [1.165, 1.54) is 12.8 Å². The maximum absolute atomic E-state index is 4.49. The van der Waals surface area contributed by atoms with Crippen molar-refractivity contribution in [2.75, 3.05) is 51.0 Å². The molecule has 0 saturated heterocycles. The average Bonchev–Trinajstić information content (AvgIpc) is 2.34. The average molecular weight is 265 g/mol. The van der Waals surface area contributed by atoms with Gasteiger partial charge in [0.1, 0.15) is 17.5 Å². The normalized spacial score (nSPS) is 10.8. The van der Waals surface area contributed by atoms with Crippen molar-refractivity contribution in [2.24, 2.45) is 0 Å². The summed E-state index contributed by atoms with van der Waals surface area (Å²) in [7, 11) is 6.22. The van der Waals surface area contributed by atoms with Crippen molar-refractivity contribution in [1.82, 2.24) is 14.9 Å². The molecule has 0 bridgehead atoms. The maximum Gasteiger partial charge on any atom is 0.134 e. The fraction of sp³-hybridized carbons (Fsp3) is 0.714. The van der Waals surface area contributed by atoms with Crippen molar-refractivity contribution in [3.05, 3.63) is 11.9 Å². The minimum atomic E-state index is 0.813. The van der Waals surface area contributed by atoms with Gasteiger partial charge in [0.05, 0.1) is 0 Å². The lowest BCUT2D eigenvalue weighted by Gasteiger charge is -2.19. The first-order valence-electron chi connectivity index (χ1n) is 6.98. The molecule has 0 aliphatic heterocycles. The molecular weight excluding hydrogens is 238 g/mol. The number of hydrogen-bond donors (Lipinski definition) is 1. The molecule has 1 rings (SSSR count). The SMILES string of the molecule is CCCCN(C)c1cc(NCCN(C)C)nc(C)n1. The standard InChI is InChI=1S/C14H27N5/c1-6-7-9-19(5)14-11-13(16-12(2)17-14)15-8-10-18(3)4/h11H,6-10H2,1-5H3,(H,15,16,17). The molecule has 1 aromatic rings. The number of nitrogens with one attached hydrogen (secondary N) is 1. The quantitative estimate of drug-likeness (QED) is 0.779. The number of anilines is 2. The van der Waals surface area contributed by atoms with Crippen LogP contribution in [0.25, 0.3) is 0 Å². The Morgan fingerprint density at radius 1 is 1.16 bits per heavy atom. The van der Waals surface area contributed by atoms with Gasteiger partial charge in [0.25, 0.3) is 0 Å². The third-order valence-electron chi connectivity index (χ3n) is 2.93. The molecule has 0 atom stereocenters. The molecule has 1 N–H and O–H groups in total. The van der Waals surface area contributed by atoms with Crippen LogP contribution in [0.5, 0.6) is 0 Å². The number of nitrogens with zero attached hydrogens (tertiary/aromatic N) is 4. The Bertz CT molecular complexity index is 378. The molecule has 0 unspecified atom stereocenters. The summed E-state index contributed by atoms with van der Waals surface area (Å²) < 4.78 is 0. The summed E-state index contributed by atoms with van der Waals surface area (Å²) in [6.45, 7) is 7.05. The summed E-state index contributed by atoms with van der Waals surface area (Å²) in [5.74, 6) is 2.72. The lowest BCUT2D eigenvalue weighted by molar-refractivity contribution is 0.425. The van der Waals surface area contributed by atoms with E-state index in [-0.39, 0.29) is 0 Å². The zero-order valence-corrected chi connectivity index (χ0v) is 12.9. The van der Waals surface area contributed by atoms with Gasteiger partial charge in [-0.05, 0) is 27.4 Å². The fourth-order valence-electron chi connectivity index (χ4n) is 1.76. The van der Waals surface area contributed by atoms with Gasteiger partial charge in [0.2, 0.25) is 0 Å². The minimum Gasteiger partial charge on any atom is -0.369 e. The van der Waals surface area contributed by atoms with Crippen LogP contribution in [0.3, 0.4) is 0 Å². The molecule has 0 fully saturated rings. The van der Waals surface area contributed by atoms with Gasteiger partial charge in [-0.25, -0.2) is 9.97 Å². The predicted octanol–water partition coefficient (Wildman–Crippen LogP) is 1.99. The summed E-state index contributed by atoms with van der Waals surface area (Å²) in [4.78, 5) is 13.3. The largest absolute Gasteiger partial charge is 0.369 e. The van der Waals surface area contributed by atoms with Crippen LogP contribution in [0.15, 0.2) is 6.07 Å². The van der Waals surface area contributed by atoms with Crippen LogP contribution in [0.2, 0.25) is 0 Å². The van der Waals surface area contributed by atoms with Crippen molar-refractivity contribution in [3.8, 4) is 0 Å². The summed E-state index contributed by atoms with van der Waals surface area (Å²) in [6.07, 6.45) is 2.38. The summed E-state index contributed by atoms with van der Waals surface area (Å²) >= 11 is 0. The zero-order chi connectivity index (χ0) is 14.3. The van der Waals surface area contributed by atoms with Crippen LogP contribution in [0, 0.1) is 6.92 Å². The molecule has 0 aliphatic carbocycles. The Hall–Kier alpha value is -1.36. The van der Waals surface area contributed by atoms with E-state index >= 15 is 0 Å². The van der Waals surface area contributed by atoms with E-state index in [1.807, 2.05) is 13.0 Å². The van der Waals surface area contributed by atoms with Gasteiger partial charge in [-0.15, -0.1) is 0 Å². The molecule has 0 radical (unpaired) electrons. The van der Waals surface area contributed by atoms with Crippen molar-refractivity contribution < 1.29 is 0 Å². The molecule has 0 spiro atoms. The van der Waals surface area contributed by atoms with Crippen molar-refractivity contribution >= 4 is 11.6 Å². The maximum atomic E-state index is 4.49. The Morgan fingerprint density at radius 2 is 1.89 bits per heavy atom. The monoisotopic (exact) mass is 265 g/mol. The lowest BCUT2D eigenvalue weighted by Crippen LogP contribution is -2.23.